The van der Waals surface area contributed by atoms with E-state index in [0.29, 0.717) is 27.8 Å². The fraction of sp³-hybridized carbons (Fsp3) is 0.250. The van der Waals surface area contributed by atoms with E-state index in [9.17, 15) is 9.59 Å². The minimum absolute atomic E-state index is 0.193. The van der Waals surface area contributed by atoms with Gasteiger partial charge < -0.3 is 14.8 Å². The lowest BCUT2D eigenvalue weighted by molar-refractivity contribution is 0.0577. The number of methoxy groups -OCH3 is 1. The van der Waals surface area contributed by atoms with Crippen LogP contribution in [0.15, 0.2) is 72.0 Å². The van der Waals surface area contributed by atoms with E-state index in [-0.39, 0.29) is 18.0 Å². The van der Waals surface area contributed by atoms with Crippen LogP contribution < -0.4 is 15.0 Å². The number of nitrogens with zero attached hydrogens (tertiary/aromatic N) is 4. The fourth-order valence-corrected chi connectivity index (χ4v) is 3.75. The highest BCUT2D eigenvalue weighted by atomic mass is 32.2. The average molecular weight is 532 g/mol. The van der Waals surface area contributed by atoms with Gasteiger partial charge in [-0.2, -0.15) is 5.26 Å². The Bertz CT molecular complexity index is 1350. The van der Waals surface area contributed by atoms with Crippen LogP contribution in [-0.2, 0) is 11.3 Å². The first-order chi connectivity index (χ1) is 18.1. The van der Waals surface area contributed by atoms with Crippen molar-refractivity contribution in [3.63, 3.8) is 0 Å². The van der Waals surface area contributed by atoms with Gasteiger partial charge >= 0.3 is 6.09 Å². The first kappa shape index (κ1) is 28.2. The summed E-state index contributed by atoms with van der Waals surface area (Å²) >= 11 is 1.32. The maximum atomic E-state index is 13.2. The lowest BCUT2D eigenvalue weighted by Crippen LogP contribution is -2.36. The highest BCUT2D eigenvalue weighted by Gasteiger charge is 2.25. The zero-order valence-electron chi connectivity index (χ0n) is 21.9. The molecule has 3 rings (SSSR count). The van der Waals surface area contributed by atoms with Gasteiger partial charge in [0.1, 0.15) is 23.2 Å². The first-order valence-electron chi connectivity index (χ1n) is 11.6. The summed E-state index contributed by atoms with van der Waals surface area (Å²) in [5.74, 6) is 0.399. The third kappa shape index (κ3) is 7.82. The third-order valence-corrected chi connectivity index (χ3v) is 5.72. The second-order valence-electron chi connectivity index (χ2n) is 9.04. The Hall–Kier alpha value is -4.36. The van der Waals surface area contributed by atoms with Gasteiger partial charge in [0.05, 0.1) is 42.3 Å². The van der Waals surface area contributed by atoms with Gasteiger partial charge in [0.2, 0.25) is 0 Å². The molecule has 1 heterocycles. The molecule has 0 atom stereocenters. The van der Waals surface area contributed by atoms with Crippen LogP contribution in [0.5, 0.6) is 5.75 Å². The predicted octanol–water partition coefficient (Wildman–Crippen LogP) is 5.80. The Morgan fingerprint density at radius 1 is 1.13 bits per heavy atom. The molecule has 0 fully saturated rings. The van der Waals surface area contributed by atoms with Gasteiger partial charge in [-0.05, 0) is 44.7 Å². The number of thioether (sulfide) groups is 1. The van der Waals surface area contributed by atoms with Gasteiger partial charge in [0, 0.05) is 12.1 Å². The van der Waals surface area contributed by atoms with Crippen LogP contribution in [0.1, 0.15) is 42.4 Å². The molecule has 1 N–H and O–H groups in total. The number of amides is 1. The Kier molecular flexibility index (Phi) is 9.46. The molecule has 0 unspecified atom stereocenters. The molecule has 0 aliphatic carbocycles. The predicted molar refractivity (Wildman–Crippen MR) is 148 cm³/mol. The van der Waals surface area contributed by atoms with Crippen LogP contribution in [0.4, 0.5) is 16.3 Å². The quantitative estimate of drug-likeness (QED) is 0.270. The number of rotatable bonds is 9. The number of aromatic nitrogens is 2. The number of hydrogen-bond acceptors (Lipinski definition) is 9. The number of benzene rings is 2. The largest absolute Gasteiger partial charge is 0.496 e. The van der Waals surface area contributed by atoms with Crippen molar-refractivity contribution < 1.29 is 19.1 Å². The smallest absolute Gasteiger partial charge is 0.415 e. The summed E-state index contributed by atoms with van der Waals surface area (Å²) in [6, 6.07) is 16.4. The SMILES string of the molecule is COc1cc(N(Cc2ccccc2)C(=O)OC(C)(C)C)ccc1C(=O)/C=C(/Nc1cnc(C#N)cn1)SC. The minimum Gasteiger partial charge on any atom is -0.496 e. The van der Waals surface area contributed by atoms with Crippen LogP contribution in [0.2, 0.25) is 0 Å². The second-order valence-corrected chi connectivity index (χ2v) is 9.89. The van der Waals surface area contributed by atoms with E-state index in [2.05, 4.69) is 15.3 Å². The van der Waals surface area contributed by atoms with Gasteiger partial charge in [-0.3, -0.25) is 9.69 Å². The number of allylic oxidation sites excluding steroid dienone is 1. The summed E-state index contributed by atoms with van der Waals surface area (Å²) in [5, 5.41) is 12.4. The second kappa shape index (κ2) is 12.7. The first-order valence-corrected chi connectivity index (χ1v) is 12.9. The molecule has 0 radical (unpaired) electrons. The molecule has 1 aromatic heterocycles. The van der Waals surface area contributed by atoms with E-state index in [1.807, 2.05) is 42.7 Å². The zero-order chi connectivity index (χ0) is 27.7. The number of hydrogen-bond donors (Lipinski definition) is 1. The van der Waals surface area contributed by atoms with E-state index >= 15 is 0 Å². The van der Waals surface area contributed by atoms with Crippen molar-refractivity contribution in [3.05, 3.63) is 88.9 Å². The van der Waals surface area contributed by atoms with Gasteiger partial charge in [0.15, 0.2) is 11.5 Å². The van der Waals surface area contributed by atoms with Crippen LogP contribution in [-0.4, -0.2) is 40.8 Å². The van der Waals surface area contributed by atoms with Crippen molar-refractivity contribution in [1.29, 1.82) is 5.26 Å². The minimum atomic E-state index is -0.683. The standard InChI is InChI=1S/C28H29N5O4S/c1-28(2,3)37-27(35)33(18-19-9-7-6-8-10-19)21-11-12-22(24(13-21)36-4)23(34)14-26(38-5)32-25-17-30-20(15-29)16-31-25/h6-14,16-17H,18H2,1-5H3,(H,31,32)/b26-14-. The van der Waals surface area contributed by atoms with Crippen molar-refractivity contribution in [1.82, 2.24) is 9.97 Å². The summed E-state index contributed by atoms with van der Waals surface area (Å²) in [6.07, 6.45) is 5.49. The highest BCUT2D eigenvalue weighted by Crippen LogP contribution is 2.29. The summed E-state index contributed by atoms with van der Waals surface area (Å²) in [6.45, 7) is 5.70. The molecule has 0 aliphatic heterocycles. The maximum absolute atomic E-state index is 13.2. The van der Waals surface area contributed by atoms with E-state index in [1.54, 1.807) is 39.0 Å². The van der Waals surface area contributed by atoms with E-state index in [1.165, 1.54) is 42.2 Å². The molecule has 9 nitrogen and oxygen atoms in total. The number of ether oxygens (including phenoxy) is 2. The molecule has 0 spiro atoms. The highest BCUT2D eigenvalue weighted by molar-refractivity contribution is 8.02. The van der Waals surface area contributed by atoms with Gasteiger partial charge in [-0.25, -0.2) is 14.8 Å². The summed E-state index contributed by atoms with van der Waals surface area (Å²) in [4.78, 5) is 35.9. The number of ketones is 1. The molecule has 3 aromatic rings. The van der Waals surface area contributed by atoms with E-state index in [0.717, 1.165) is 5.56 Å². The molecule has 0 aliphatic rings. The molecular weight excluding hydrogens is 502 g/mol. The molecule has 0 saturated heterocycles. The molecule has 1 amide bonds. The molecule has 196 valence electrons. The maximum Gasteiger partial charge on any atom is 0.415 e. The zero-order valence-corrected chi connectivity index (χ0v) is 22.7. The number of nitriles is 1. The lowest BCUT2D eigenvalue weighted by Gasteiger charge is -2.28. The van der Waals surface area contributed by atoms with E-state index in [4.69, 9.17) is 14.7 Å². The average Bonchev–Trinajstić information content (AvgIpc) is 2.90. The molecule has 0 saturated carbocycles. The van der Waals surface area contributed by atoms with Crippen LogP contribution in [0.3, 0.4) is 0 Å². The van der Waals surface area contributed by atoms with Crippen molar-refractivity contribution in [3.8, 4) is 11.8 Å². The summed E-state index contributed by atoms with van der Waals surface area (Å²) in [5.41, 5.74) is 1.27. The van der Waals surface area contributed by atoms with Gasteiger partial charge in [-0.15, -0.1) is 11.8 Å². The van der Waals surface area contributed by atoms with Crippen molar-refractivity contribution in [2.24, 2.45) is 0 Å². The Morgan fingerprint density at radius 2 is 1.87 bits per heavy atom. The van der Waals surface area contributed by atoms with Crippen molar-refractivity contribution in [2.75, 3.05) is 23.6 Å². The Morgan fingerprint density at radius 3 is 2.45 bits per heavy atom. The Labute approximate surface area is 226 Å². The van der Waals surface area contributed by atoms with Crippen LogP contribution >= 0.6 is 11.8 Å². The topological polar surface area (TPSA) is 117 Å². The normalized spacial score (nSPS) is 11.3. The Balaban J connectivity index is 1.90. The van der Waals surface area contributed by atoms with Crippen LogP contribution in [0, 0.1) is 11.3 Å². The van der Waals surface area contributed by atoms with E-state index < -0.39 is 11.7 Å². The molecular formula is C28H29N5O4S. The van der Waals surface area contributed by atoms with Crippen molar-refractivity contribution in [2.45, 2.75) is 32.9 Å². The van der Waals surface area contributed by atoms with Crippen LogP contribution in [0.25, 0.3) is 0 Å². The molecule has 10 heteroatoms. The number of nitrogens with one attached hydrogen (secondary N) is 1. The summed E-state index contributed by atoms with van der Waals surface area (Å²) < 4.78 is 11.2. The third-order valence-electron chi connectivity index (χ3n) is 5.06. The van der Waals surface area contributed by atoms with Gasteiger partial charge in [0.25, 0.3) is 0 Å². The summed E-state index contributed by atoms with van der Waals surface area (Å²) in [7, 11) is 1.47. The number of carbonyl (C=O) groups excluding carboxylic acids is 2. The van der Waals surface area contributed by atoms with Gasteiger partial charge in [-0.1, -0.05) is 30.3 Å². The fourth-order valence-electron chi connectivity index (χ4n) is 3.32. The molecule has 0 bridgehead atoms. The van der Waals surface area contributed by atoms with Crippen molar-refractivity contribution >= 4 is 35.1 Å². The number of anilines is 2. The molecule has 38 heavy (non-hydrogen) atoms. The number of carbonyl (C=O) groups is 2. The lowest BCUT2D eigenvalue weighted by atomic mass is 10.1. The monoisotopic (exact) mass is 531 g/mol. The molecule has 2 aromatic carbocycles.